The Morgan fingerprint density at radius 1 is 1.14 bits per heavy atom. The molecule has 0 saturated carbocycles. The number of hydrogen-bond acceptors (Lipinski definition) is 4. The van der Waals surface area contributed by atoms with E-state index in [1.165, 1.54) is 6.07 Å². The zero-order valence-electron chi connectivity index (χ0n) is 10.1. The molecule has 0 bridgehead atoms. The number of benzene rings is 1. The molecule has 0 fully saturated rings. The maximum atomic E-state index is 13.5. The van der Waals surface area contributed by atoms with E-state index >= 15 is 0 Å². The predicted molar refractivity (Wildman–Crippen MR) is 66.1 cm³/mol. The Labute approximate surface area is 117 Å². The van der Waals surface area contributed by atoms with Gasteiger partial charge in [-0.15, -0.1) is 0 Å². The average molecular weight is 313 g/mol. The lowest BCUT2D eigenvalue weighted by Gasteiger charge is -2.09. The van der Waals surface area contributed by atoms with Crippen molar-refractivity contribution in [3.8, 4) is 6.07 Å². The van der Waals surface area contributed by atoms with Gasteiger partial charge in [-0.25, -0.2) is 26.6 Å². The van der Waals surface area contributed by atoms with Gasteiger partial charge in [-0.3, -0.25) is 4.72 Å². The molecular formula is C12H6F3N3O2S. The molecule has 0 aliphatic carbocycles. The van der Waals surface area contributed by atoms with Crippen LogP contribution in [0.15, 0.2) is 35.4 Å². The molecule has 2 aromatic rings. The van der Waals surface area contributed by atoms with Gasteiger partial charge in [-0.05, 0) is 12.1 Å². The zero-order valence-corrected chi connectivity index (χ0v) is 11.0. The highest BCUT2D eigenvalue weighted by Gasteiger charge is 2.25. The minimum absolute atomic E-state index is 0.178. The average Bonchev–Trinajstić information content (AvgIpc) is 2.37. The molecule has 5 nitrogen and oxygen atoms in total. The number of halogens is 3. The highest BCUT2D eigenvalue weighted by molar-refractivity contribution is 7.92. The summed E-state index contributed by atoms with van der Waals surface area (Å²) in [6, 6.07) is 4.69. The van der Waals surface area contributed by atoms with Crippen LogP contribution in [-0.4, -0.2) is 13.4 Å². The van der Waals surface area contributed by atoms with Crippen LogP contribution in [0, 0.1) is 28.8 Å². The van der Waals surface area contributed by atoms with Crippen LogP contribution >= 0.6 is 0 Å². The summed E-state index contributed by atoms with van der Waals surface area (Å²) in [5, 5.41) is 8.57. The maximum absolute atomic E-state index is 13.5. The van der Waals surface area contributed by atoms with Crippen LogP contribution in [0.2, 0.25) is 0 Å². The Bertz CT molecular complexity index is 807. The van der Waals surface area contributed by atoms with Crippen molar-refractivity contribution in [2.75, 3.05) is 4.72 Å². The minimum atomic E-state index is -4.62. The summed E-state index contributed by atoms with van der Waals surface area (Å²) in [4.78, 5) is 2.30. The van der Waals surface area contributed by atoms with E-state index in [0.717, 1.165) is 12.3 Å². The molecule has 2 rings (SSSR count). The van der Waals surface area contributed by atoms with Crippen LogP contribution in [0.5, 0.6) is 0 Å². The molecule has 0 atom stereocenters. The van der Waals surface area contributed by atoms with Crippen LogP contribution in [-0.2, 0) is 10.0 Å². The Hall–Kier alpha value is -2.60. The van der Waals surface area contributed by atoms with Gasteiger partial charge in [0.05, 0.1) is 5.56 Å². The summed E-state index contributed by atoms with van der Waals surface area (Å²) < 4.78 is 65.3. The Morgan fingerprint density at radius 3 is 2.24 bits per heavy atom. The molecule has 1 aromatic carbocycles. The summed E-state index contributed by atoms with van der Waals surface area (Å²) in [5.41, 5.74) is 0.178. The van der Waals surface area contributed by atoms with Gasteiger partial charge in [0.15, 0.2) is 4.90 Å². The largest absolute Gasteiger partial charge is 0.268 e. The quantitative estimate of drug-likeness (QED) is 0.941. The number of nitriles is 1. The van der Waals surface area contributed by atoms with Gasteiger partial charge in [0.1, 0.15) is 29.3 Å². The molecule has 0 aliphatic rings. The standard InChI is InChI=1S/C12H6F3N3O2S/c13-8-3-9(14)12(10(15)4-8)21(19,20)18-11-2-1-7(5-16)6-17-11/h1-4,6H,(H,17,18). The highest BCUT2D eigenvalue weighted by atomic mass is 32.2. The second-order valence-electron chi connectivity index (χ2n) is 3.85. The third-order valence-electron chi connectivity index (χ3n) is 2.36. The number of anilines is 1. The first-order valence-corrected chi connectivity index (χ1v) is 6.85. The Morgan fingerprint density at radius 2 is 1.76 bits per heavy atom. The van der Waals surface area contributed by atoms with Gasteiger partial charge in [0.2, 0.25) is 0 Å². The molecule has 1 heterocycles. The predicted octanol–water partition coefficient (Wildman–Crippen LogP) is 2.17. The molecular weight excluding hydrogens is 307 g/mol. The fourth-order valence-electron chi connectivity index (χ4n) is 1.49. The molecule has 9 heteroatoms. The number of hydrogen-bond donors (Lipinski definition) is 1. The molecule has 108 valence electrons. The Kier molecular flexibility index (Phi) is 3.82. The van der Waals surface area contributed by atoms with Crippen LogP contribution in [0.25, 0.3) is 0 Å². The van der Waals surface area contributed by atoms with Crippen molar-refractivity contribution in [1.29, 1.82) is 5.26 Å². The van der Waals surface area contributed by atoms with Crippen molar-refractivity contribution in [2.24, 2.45) is 0 Å². The van der Waals surface area contributed by atoms with E-state index in [-0.39, 0.29) is 23.5 Å². The van der Waals surface area contributed by atoms with Crippen molar-refractivity contribution >= 4 is 15.8 Å². The molecule has 1 aromatic heterocycles. The summed E-state index contributed by atoms with van der Waals surface area (Å²) in [5.74, 6) is -4.60. The lowest BCUT2D eigenvalue weighted by molar-refractivity contribution is 0.498. The molecule has 0 amide bonds. The third-order valence-corrected chi connectivity index (χ3v) is 3.77. The fraction of sp³-hybridized carbons (Fsp3) is 0. The molecule has 1 N–H and O–H groups in total. The second kappa shape index (κ2) is 5.41. The smallest absolute Gasteiger partial charge is 0.263 e. The van der Waals surface area contributed by atoms with Crippen LogP contribution in [0.4, 0.5) is 19.0 Å². The van der Waals surface area contributed by atoms with Gasteiger partial charge in [0, 0.05) is 18.3 Å². The van der Waals surface area contributed by atoms with E-state index < -0.39 is 32.4 Å². The van der Waals surface area contributed by atoms with Gasteiger partial charge in [-0.1, -0.05) is 0 Å². The molecule has 0 unspecified atom stereocenters. The molecule has 0 spiro atoms. The maximum Gasteiger partial charge on any atom is 0.268 e. The van der Waals surface area contributed by atoms with E-state index in [1.54, 1.807) is 6.07 Å². The summed E-state index contributed by atoms with van der Waals surface area (Å²) in [6.45, 7) is 0. The van der Waals surface area contributed by atoms with E-state index in [1.807, 2.05) is 4.72 Å². The molecule has 0 saturated heterocycles. The number of rotatable bonds is 3. The number of aromatic nitrogens is 1. The normalized spacial score (nSPS) is 11.0. The van der Waals surface area contributed by atoms with Crippen molar-refractivity contribution in [1.82, 2.24) is 4.98 Å². The third kappa shape index (κ3) is 3.11. The van der Waals surface area contributed by atoms with Gasteiger partial charge in [0.25, 0.3) is 10.0 Å². The number of pyridine rings is 1. The minimum Gasteiger partial charge on any atom is -0.263 e. The van der Waals surface area contributed by atoms with Gasteiger partial charge < -0.3 is 0 Å². The molecule has 21 heavy (non-hydrogen) atoms. The summed E-state index contributed by atoms with van der Waals surface area (Å²) in [7, 11) is -4.62. The molecule has 0 aliphatic heterocycles. The Balaban J connectivity index is 2.41. The van der Waals surface area contributed by atoms with Crippen LogP contribution in [0.1, 0.15) is 5.56 Å². The van der Waals surface area contributed by atoms with E-state index in [4.69, 9.17) is 5.26 Å². The number of nitrogens with one attached hydrogen (secondary N) is 1. The zero-order chi connectivity index (χ0) is 15.6. The molecule has 0 radical (unpaired) electrons. The lowest BCUT2D eigenvalue weighted by atomic mass is 10.3. The van der Waals surface area contributed by atoms with E-state index in [9.17, 15) is 21.6 Å². The van der Waals surface area contributed by atoms with Crippen LogP contribution in [0.3, 0.4) is 0 Å². The van der Waals surface area contributed by atoms with Gasteiger partial charge >= 0.3 is 0 Å². The second-order valence-corrected chi connectivity index (χ2v) is 5.47. The van der Waals surface area contributed by atoms with Crippen molar-refractivity contribution < 1.29 is 21.6 Å². The first-order chi connectivity index (χ1) is 9.83. The van der Waals surface area contributed by atoms with E-state index in [0.29, 0.717) is 0 Å². The highest BCUT2D eigenvalue weighted by Crippen LogP contribution is 2.22. The lowest BCUT2D eigenvalue weighted by Crippen LogP contribution is -2.17. The first kappa shape index (κ1) is 14.8. The summed E-state index contributed by atoms with van der Waals surface area (Å²) >= 11 is 0. The van der Waals surface area contributed by atoms with Crippen LogP contribution < -0.4 is 4.72 Å². The SMILES string of the molecule is N#Cc1ccc(NS(=O)(=O)c2c(F)cc(F)cc2F)nc1. The van der Waals surface area contributed by atoms with E-state index in [2.05, 4.69) is 4.98 Å². The number of nitrogens with zero attached hydrogens (tertiary/aromatic N) is 2. The van der Waals surface area contributed by atoms with Gasteiger partial charge in [-0.2, -0.15) is 5.26 Å². The first-order valence-electron chi connectivity index (χ1n) is 5.37. The van der Waals surface area contributed by atoms with Crippen molar-refractivity contribution in [3.63, 3.8) is 0 Å². The van der Waals surface area contributed by atoms with Crippen molar-refractivity contribution in [2.45, 2.75) is 4.90 Å². The monoisotopic (exact) mass is 313 g/mol. The topological polar surface area (TPSA) is 82.9 Å². The fourth-order valence-corrected chi connectivity index (χ4v) is 2.62. The summed E-state index contributed by atoms with van der Waals surface area (Å²) in [6.07, 6.45) is 1.08. The number of sulfonamides is 1. The van der Waals surface area contributed by atoms with Crippen molar-refractivity contribution in [3.05, 3.63) is 53.5 Å².